The van der Waals surface area contributed by atoms with E-state index in [1.165, 1.54) is 13.2 Å². The summed E-state index contributed by atoms with van der Waals surface area (Å²) in [5, 5.41) is 9.19. The zero-order valence-corrected chi connectivity index (χ0v) is 13.7. The number of halogens is 1. The molecule has 0 fully saturated rings. The summed E-state index contributed by atoms with van der Waals surface area (Å²) in [4.78, 5) is 11.2. The van der Waals surface area contributed by atoms with E-state index in [9.17, 15) is 22.7 Å². The number of methoxy groups -OCH3 is 1. The van der Waals surface area contributed by atoms with Gasteiger partial charge in [0.05, 0.1) is 7.11 Å². The molecule has 0 saturated heterocycles. The first-order valence-corrected chi connectivity index (χ1v) is 8.18. The van der Waals surface area contributed by atoms with Gasteiger partial charge in [-0.25, -0.2) is 22.3 Å². The normalized spacial score (nSPS) is 10.8. The van der Waals surface area contributed by atoms with E-state index in [0.29, 0.717) is 12.0 Å². The van der Waals surface area contributed by atoms with E-state index in [-0.39, 0.29) is 23.4 Å². The Morgan fingerprint density at radius 2 is 1.92 bits per heavy atom. The molecule has 24 heavy (non-hydrogen) atoms. The molecule has 0 amide bonds. The molecule has 2 rings (SSSR count). The average Bonchev–Trinajstić information content (AvgIpc) is 2.54. The van der Waals surface area contributed by atoms with Crippen LogP contribution in [0.5, 0.6) is 5.75 Å². The number of carbonyl (C=O) groups is 1. The van der Waals surface area contributed by atoms with E-state index in [4.69, 9.17) is 4.74 Å². The number of benzene rings is 2. The zero-order valence-electron chi connectivity index (χ0n) is 12.8. The minimum atomic E-state index is -2.63. The van der Waals surface area contributed by atoms with Crippen LogP contribution >= 0.6 is 0 Å². The Kier molecular flexibility index (Phi) is 5.88. The average molecular weight is 353 g/mol. The van der Waals surface area contributed by atoms with Crippen molar-refractivity contribution in [1.29, 1.82) is 0 Å². The van der Waals surface area contributed by atoms with Crippen molar-refractivity contribution >= 4 is 16.9 Å². The molecular formula is C16H16FNO5S. The van der Waals surface area contributed by atoms with Gasteiger partial charge in [-0.2, -0.15) is 0 Å². The number of nitrogens with one attached hydrogen (secondary N) is 1. The Morgan fingerprint density at radius 1 is 1.25 bits per heavy atom. The maximum absolute atomic E-state index is 14.2. The molecule has 2 aromatic rings. The van der Waals surface area contributed by atoms with Crippen LogP contribution in [0.1, 0.15) is 15.9 Å². The van der Waals surface area contributed by atoms with E-state index in [0.717, 1.165) is 11.6 Å². The van der Waals surface area contributed by atoms with Gasteiger partial charge in [0.2, 0.25) is 10.9 Å². The standard InChI is InChI=1S/C16H16FNO5S/c1-23-15-9-14(17)12(8-13(15)16(19)20)11-4-2-10(3-5-11)6-7-18-24(21)22/h2-5,8-9,24H,6-7H2,1H3,(H,19,20)(H,18,21,22). The van der Waals surface area contributed by atoms with Crippen LogP contribution in [0.3, 0.4) is 0 Å². The second-order valence-corrected chi connectivity index (χ2v) is 5.78. The van der Waals surface area contributed by atoms with Crippen molar-refractivity contribution in [2.45, 2.75) is 6.42 Å². The van der Waals surface area contributed by atoms with Crippen molar-refractivity contribution in [2.24, 2.45) is 0 Å². The Labute approximate surface area is 140 Å². The van der Waals surface area contributed by atoms with Gasteiger partial charge in [-0.1, -0.05) is 24.3 Å². The van der Waals surface area contributed by atoms with Crippen molar-refractivity contribution in [3.8, 4) is 16.9 Å². The number of hydrogen-bond acceptors (Lipinski definition) is 4. The Balaban J connectivity index is 2.28. The minimum Gasteiger partial charge on any atom is -0.496 e. The van der Waals surface area contributed by atoms with Crippen LogP contribution in [-0.4, -0.2) is 33.1 Å². The predicted molar refractivity (Wildman–Crippen MR) is 87.4 cm³/mol. The molecule has 2 aromatic carbocycles. The summed E-state index contributed by atoms with van der Waals surface area (Å²) >= 11 is 0. The van der Waals surface area contributed by atoms with Crippen molar-refractivity contribution < 1.29 is 27.4 Å². The summed E-state index contributed by atoms with van der Waals surface area (Å²) in [6, 6.07) is 9.06. The molecule has 0 radical (unpaired) electrons. The third kappa shape index (κ3) is 4.30. The number of carboxylic acids is 1. The van der Waals surface area contributed by atoms with Gasteiger partial charge in [0.25, 0.3) is 0 Å². The molecule has 128 valence electrons. The summed E-state index contributed by atoms with van der Waals surface area (Å²) in [5.74, 6) is -1.84. The molecular weight excluding hydrogens is 337 g/mol. The minimum absolute atomic E-state index is 0.0434. The van der Waals surface area contributed by atoms with Crippen LogP contribution < -0.4 is 9.46 Å². The van der Waals surface area contributed by atoms with E-state index < -0.39 is 22.7 Å². The van der Waals surface area contributed by atoms with Crippen molar-refractivity contribution in [1.82, 2.24) is 4.72 Å². The summed E-state index contributed by atoms with van der Waals surface area (Å²) < 4.78 is 42.3. The van der Waals surface area contributed by atoms with Gasteiger partial charge < -0.3 is 9.84 Å². The van der Waals surface area contributed by atoms with Crippen molar-refractivity contribution in [3.05, 3.63) is 53.3 Å². The lowest BCUT2D eigenvalue weighted by atomic mass is 10.00. The van der Waals surface area contributed by atoms with Gasteiger partial charge in [0, 0.05) is 18.2 Å². The molecule has 0 unspecified atom stereocenters. The molecule has 0 aliphatic carbocycles. The lowest BCUT2D eigenvalue weighted by Gasteiger charge is -2.10. The Morgan fingerprint density at radius 3 is 2.46 bits per heavy atom. The largest absolute Gasteiger partial charge is 0.496 e. The topological polar surface area (TPSA) is 92.7 Å². The lowest BCUT2D eigenvalue weighted by molar-refractivity contribution is 0.0693. The van der Waals surface area contributed by atoms with Crippen LogP contribution in [0.4, 0.5) is 4.39 Å². The maximum atomic E-state index is 14.2. The molecule has 0 atom stereocenters. The molecule has 2 N–H and O–H groups in total. The lowest BCUT2D eigenvalue weighted by Crippen LogP contribution is -2.14. The second kappa shape index (κ2) is 7.89. The van der Waals surface area contributed by atoms with E-state index >= 15 is 0 Å². The highest BCUT2D eigenvalue weighted by molar-refractivity contribution is 7.70. The van der Waals surface area contributed by atoms with Crippen LogP contribution in [0.2, 0.25) is 0 Å². The van der Waals surface area contributed by atoms with E-state index in [1.807, 2.05) is 0 Å². The fourth-order valence-electron chi connectivity index (χ4n) is 2.25. The number of carboxylic acid groups (broad SMARTS) is 1. The van der Waals surface area contributed by atoms with Gasteiger partial charge in [0.15, 0.2) is 0 Å². The van der Waals surface area contributed by atoms with Crippen molar-refractivity contribution in [3.63, 3.8) is 0 Å². The first kappa shape index (κ1) is 17.9. The number of rotatable bonds is 7. The van der Waals surface area contributed by atoms with Crippen LogP contribution in [0.15, 0.2) is 36.4 Å². The molecule has 0 aliphatic heterocycles. The quantitative estimate of drug-likeness (QED) is 0.661. The monoisotopic (exact) mass is 353 g/mol. The number of hydrogen-bond donors (Lipinski definition) is 3. The molecule has 8 heteroatoms. The zero-order chi connectivity index (χ0) is 17.7. The molecule has 0 spiro atoms. The number of aromatic carboxylic acids is 1. The van der Waals surface area contributed by atoms with Gasteiger partial charge in [-0.3, -0.25) is 0 Å². The Hall–Kier alpha value is -2.45. The molecule has 0 saturated carbocycles. The van der Waals surface area contributed by atoms with Gasteiger partial charge in [-0.15, -0.1) is 0 Å². The second-order valence-electron chi connectivity index (χ2n) is 4.95. The number of ether oxygens (including phenoxy) is 1. The fourth-order valence-corrected chi connectivity index (χ4v) is 2.55. The third-order valence-electron chi connectivity index (χ3n) is 3.44. The maximum Gasteiger partial charge on any atom is 0.339 e. The molecule has 0 aliphatic rings. The first-order chi connectivity index (χ1) is 11.4. The van der Waals surface area contributed by atoms with Crippen molar-refractivity contribution in [2.75, 3.05) is 13.7 Å². The SMILES string of the molecule is COc1cc(F)c(-c2ccc(CCN[SH](=O)=O)cc2)cc1C(=O)O. The van der Waals surface area contributed by atoms with Gasteiger partial charge in [0.1, 0.15) is 17.1 Å². The van der Waals surface area contributed by atoms with Crippen LogP contribution in [-0.2, 0) is 17.3 Å². The van der Waals surface area contributed by atoms with Gasteiger partial charge >= 0.3 is 5.97 Å². The summed E-state index contributed by atoms with van der Waals surface area (Å²) in [6.07, 6.45) is 0.495. The molecule has 0 aromatic heterocycles. The molecule has 0 bridgehead atoms. The van der Waals surface area contributed by atoms with E-state index in [1.54, 1.807) is 24.3 Å². The first-order valence-electron chi connectivity index (χ1n) is 7.00. The van der Waals surface area contributed by atoms with Crippen LogP contribution in [0, 0.1) is 5.82 Å². The smallest absolute Gasteiger partial charge is 0.339 e. The summed E-state index contributed by atoms with van der Waals surface area (Å²) in [6.45, 7) is 0.276. The predicted octanol–water partition coefficient (Wildman–Crippen LogP) is 1.86. The third-order valence-corrected chi connectivity index (χ3v) is 3.92. The fraction of sp³-hybridized carbons (Fsp3) is 0.188. The number of thiol groups is 1. The highest BCUT2D eigenvalue weighted by Crippen LogP contribution is 2.30. The highest BCUT2D eigenvalue weighted by atomic mass is 32.2. The summed E-state index contributed by atoms with van der Waals surface area (Å²) in [5.41, 5.74) is 1.42. The Bertz CT molecular complexity index is 810. The van der Waals surface area contributed by atoms with Crippen LogP contribution in [0.25, 0.3) is 11.1 Å². The summed E-state index contributed by atoms with van der Waals surface area (Å²) in [7, 11) is -1.35. The van der Waals surface area contributed by atoms with E-state index in [2.05, 4.69) is 4.72 Å². The molecule has 6 nitrogen and oxygen atoms in total. The molecule has 0 heterocycles. The highest BCUT2D eigenvalue weighted by Gasteiger charge is 2.16. The van der Waals surface area contributed by atoms with Gasteiger partial charge in [-0.05, 0) is 23.6 Å².